The van der Waals surface area contributed by atoms with Crippen molar-refractivity contribution in [3.8, 4) is 0 Å². The molecule has 2 fully saturated rings. The number of allylic oxidation sites excluding steroid dienone is 1. The van der Waals surface area contributed by atoms with Crippen LogP contribution in [0.15, 0.2) is 11.6 Å². The number of likely N-dealkylation sites (N-methyl/N-ethyl adjacent to an activating group) is 1. The predicted molar refractivity (Wildman–Crippen MR) is 87.3 cm³/mol. The molecule has 1 atom stereocenters. The van der Waals surface area contributed by atoms with Crippen LogP contribution in [-0.2, 0) is 4.79 Å². The zero-order valence-corrected chi connectivity index (χ0v) is 14.2. The second-order valence-electron chi connectivity index (χ2n) is 7.06. The summed E-state index contributed by atoms with van der Waals surface area (Å²) in [4.78, 5) is 19.0. The van der Waals surface area contributed by atoms with Crippen molar-refractivity contribution in [1.82, 2.24) is 14.7 Å². The molecule has 2 aliphatic rings. The number of nitrogens with zero attached hydrogens (tertiary/aromatic N) is 3. The normalized spacial score (nSPS) is 28.8. The summed E-state index contributed by atoms with van der Waals surface area (Å²) in [6.45, 7) is 9.75. The van der Waals surface area contributed by atoms with E-state index in [4.69, 9.17) is 0 Å². The molecule has 0 aliphatic carbocycles. The van der Waals surface area contributed by atoms with Crippen molar-refractivity contribution in [2.75, 3.05) is 46.8 Å². The Morgan fingerprint density at radius 1 is 1.19 bits per heavy atom. The van der Waals surface area contributed by atoms with E-state index in [0.29, 0.717) is 12.3 Å². The van der Waals surface area contributed by atoms with Crippen LogP contribution in [0.25, 0.3) is 0 Å². The minimum absolute atomic E-state index is 0.198. The van der Waals surface area contributed by atoms with Crippen LogP contribution in [0.2, 0.25) is 0 Å². The van der Waals surface area contributed by atoms with Crippen molar-refractivity contribution in [3.05, 3.63) is 11.6 Å². The van der Waals surface area contributed by atoms with Crippen molar-refractivity contribution >= 4 is 5.91 Å². The van der Waals surface area contributed by atoms with Gasteiger partial charge in [0.1, 0.15) is 0 Å². The van der Waals surface area contributed by atoms with Crippen molar-refractivity contribution in [2.24, 2.45) is 0 Å². The molecule has 0 saturated carbocycles. The van der Waals surface area contributed by atoms with Gasteiger partial charge >= 0.3 is 0 Å². The molecule has 0 N–H and O–H groups in total. The number of piperazine rings is 1. The monoisotopic (exact) mass is 293 g/mol. The zero-order chi connectivity index (χ0) is 15.5. The molecule has 1 spiro atoms. The first-order chi connectivity index (χ1) is 9.93. The van der Waals surface area contributed by atoms with Gasteiger partial charge in [-0.15, -0.1) is 0 Å². The molecule has 2 saturated heterocycles. The number of likely N-dealkylation sites (tertiary alicyclic amines) is 1. The lowest BCUT2D eigenvalue weighted by Crippen LogP contribution is -2.61. The van der Waals surface area contributed by atoms with Gasteiger partial charge in [-0.25, -0.2) is 0 Å². The van der Waals surface area contributed by atoms with Crippen molar-refractivity contribution < 1.29 is 4.79 Å². The van der Waals surface area contributed by atoms with Gasteiger partial charge in [0.2, 0.25) is 5.91 Å². The van der Waals surface area contributed by atoms with Crippen LogP contribution in [-0.4, -0.2) is 73.0 Å². The van der Waals surface area contributed by atoms with Crippen LogP contribution >= 0.6 is 0 Å². The second-order valence-corrected chi connectivity index (χ2v) is 7.06. The van der Waals surface area contributed by atoms with Gasteiger partial charge < -0.3 is 4.90 Å². The first kappa shape index (κ1) is 16.5. The molecule has 0 aromatic heterocycles. The van der Waals surface area contributed by atoms with E-state index in [1.807, 2.05) is 11.9 Å². The van der Waals surface area contributed by atoms with Gasteiger partial charge in [0, 0.05) is 51.7 Å². The minimum Gasteiger partial charge on any atom is -0.346 e. The molecule has 2 heterocycles. The molecule has 0 unspecified atom stereocenters. The van der Waals surface area contributed by atoms with Crippen molar-refractivity contribution in [2.45, 2.75) is 45.1 Å². The molecule has 0 aromatic rings. The Labute approximate surface area is 129 Å². The topological polar surface area (TPSA) is 26.8 Å². The number of rotatable bonds is 3. The Balaban J connectivity index is 1.99. The summed E-state index contributed by atoms with van der Waals surface area (Å²) < 4.78 is 0. The molecule has 0 radical (unpaired) electrons. The lowest BCUT2D eigenvalue weighted by molar-refractivity contribution is -0.129. The quantitative estimate of drug-likeness (QED) is 0.744. The molecule has 21 heavy (non-hydrogen) atoms. The number of amides is 1. The zero-order valence-electron chi connectivity index (χ0n) is 14.2. The van der Waals surface area contributed by atoms with E-state index >= 15 is 0 Å². The fourth-order valence-corrected chi connectivity index (χ4v) is 3.57. The van der Waals surface area contributed by atoms with Crippen LogP contribution in [0.3, 0.4) is 0 Å². The third kappa shape index (κ3) is 4.07. The van der Waals surface area contributed by atoms with E-state index in [0.717, 1.165) is 52.0 Å². The maximum atomic E-state index is 12.0. The van der Waals surface area contributed by atoms with Crippen LogP contribution in [0.1, 0.15) is 39.5 Å². The van der Waals surface area contributed by atoms with E-state index in [-0.39, 0.29) is 5.54 Å². The van der Waals surface area contributed by atoms with E-state index in [1.54, 1.807) is 0 Å². The van der Waals surface area contributed by atoms with Crippen LogP contribution < -0.4 is 0 Å². The van der Waals surface area contributed by atoms with Gasteiger partial charge in [0.05, 0.1) is 0 Å². The molecule has 4 nitrogen and oxygen atoms in total. The van der Waals surface area contributed by atoms with Gasteiger partial charge in [-0.05, 0) is 40.2 Å². The van der Waals surface area contributed by atoms with Crippen molar-refractivity contribution in [3.63, 3.8) is 0 Å². The lowest BCUT2D eigenvalue weighted by Gasteiger charge is -2.49. The highest BCUT2D eigenvalue weighted by molar-refractivity contribution is 5.76. The summed E-state index contributed by atoms with van der Waals surface area (Å²) in [7, 11) is 4.18. The van der Waals surface area contributed by atoms with Crippen LogP contribution in [0, 0.1) is 0 Å². The number of carbonyl (C=O) groups excluding carboxylic acids is 1. The van der Waals surface area contributed by atoms with E-state index in [1.165, 1.54) is 5.57 Å². The predicted octanol–water partition coefficient (Wildman–Crippen LogP) is 1.97. The molecule has 2 rings (SSSR count). The Kier molecular flexibility index (Phi) is 5.44. The van der Waals surface area contributed by atoms with Gasteiger partial charge in [0.15, 0.2) is 0 Å². The summed E-state index contributed by atoms with van der Waals surface area (Å²) in [5.74, 6) is 0.307. The highest BCUT2D eigenvalue weighted by atomic mass is 16.2. The second kappa shape index (κ2) is 6.93. The third-order valence-electron chi connectivity index (χ3n) is 5.22. The molecular weight excluding hydrogens is 262 g/mol. The molecule has 2 aliphatic heterocycles. The maximum absolute atomic E-state index is 12.0. The fraction of sp³-hybridized carbons (Fsp3) is 0.824. The van der Waals surface area contributed by atoms with Crippen LogP contribution in [0.5, 0.6) is 0 Å². The van der Waals surface area contributed by atoms with Crippen molar-refractivity contribution in [1.29, 1.82) is 0 Å². The van der Waals surface area contributed by atoms with E-state index in [2.05, 4.69) is 36.8 Å². The summed E-state index contributed by atoms with van der Waals surface area (Å²) in [5.41, 5.74) is 1.60. The summed E-state index contributed by atoms with van der Waals surface area (Å²) >= 11 is 0. The minimum atomic E-state index is 0.198. The number of hydrogen-bond donors (Lipinski definition) is 0. The summed E-state index contributed by atoms with van der Waals surface area (Å²) in [6.07, 6.45) is 6.27. The van der Waals surface area contributed by atoms with Gasteiger partial charge in [0.25, 0.3) is 0 Å². The van der Waals surface area contributed by atoms with Gasteiger partial charge in [-0.2, -0.15) is 0 Å². The standard InChI is InChI=1S/C17H31N3O/c1-15(2)6-5-10-20-13-12-19(4)17(14-20)8-7-16(21)18(3)11-9-17/h6H,5,7-14H2,1-4H3/t17-/m1/s1. The Morgan fingerprint density at radius 3 is 2.67 bits per heavy atom. The molecule has 4 heteroatoms. The molecule has 120 valence electrons. The van der Waals surface area contributed by atoms with Gasteiger partial charge in [-0.3, -0.25) is 14.6 Å². The highest BCUT2D eigenvalue weighted by Crippen LogP contribution is 2.31. The molecular formula is C17H31N3O. The summed E-state index contributed by atoms with van der Waals surface area (Å²) in [6, 6.07) is 0. The largest absolute Gasteiger partial charge is 0.346 e. The highest BCUT2D eigenvalue weighted by Gasteiger charge is 2.41. The van der Waals surface area contributed by atoms with Crippen LogP contribution in [0.4, 0.5) is 0 Å². The Morgan fingerprint density at radius 2 is 1.95 bits per heavy atom. The maximum Gasteiger partial charge on any atom is 0.222 e. The van der Waals surface area contributed by atoms with Gasteiger partial charge in [-0.1, -0.05) is 11.6 Å². The molecule has 1 amide bonds. The fourth-order valence-electron chi connectivity index (χ4n) is 3.57. The summed E-state index contributed by atoms with van der Waals surface area (Å²) in [5, 5.41) is 0. The average molecular weight is 293 g/mol. The Bertz CT molecular complexity index is 403. The lowest BCUT2D eigenvalue weighted by atomic mass is 9.86. The average Bonchev–Trinajstić information content (AvgIpc) is 2.57. The first-order valence-electron chi connectivity index (χ1n) is 8.24. The molecule has 0 aromatic carbocycles. The molecule has 0 bridgehead atoms. The first-order valence-corrected chi connectivity index (χ1v) is 8.24. The smallest absolute Gasteiger partial charge is 0.222 e. The van der Waals surface area contributed by atoms with E-state index in [9.17, 15) is 4.79 Å². The number of carbonyl (C=O) groups is 1. The third-order valence-corrected chi connectivity index (χ3v) is 5.22. The number of hydrogen-bond acceptors (Lipinski definition) is 3. The Hall–Kier alpha value is -0.870. The van der Waals surface area contributed by atoms with E-state index < -0.39 is 0 Å². The SMILES string of the molecule is CC(C)=CCCN1CCN(C)[C@@]2(CCC(=O)N(C)CC2)C1.